The summed E-state index contributed by atoms with van der Waals surface area (Å²) in [6, 6.07) is 20.9. The molecule has 0 aliphatic carbocycles. The first kappa shape index (κ1) is 13.3. The lowest BCUT2D eigenvalue weighted by Crippen LogP contribution is -1.83. The summed E-state index contributed by atoms with van der Waals surface area (Å²) in [6.45, 7) is 0. The topological polar surface area (TPSA) is 0 Å². The summed E-state index contributed by atoms with van der Waals surface area (Å²) >= 11 is 11.9. The van der Waals surface area contributed by atoms with Crippen LogP contribution in [0.4, 0.5) is 0 Å². The van der Waals surface area contributed by atoms with E-state index in [2.05, 4.69) is 58.4 Å². The zero-order chi connectivity index (χ0) is 14.4. The minimum atomic E-state index is 0.771. The van der Waals surface area contributed by atoms with Gasteiger partial charge in [-0.3, -0.25) is 0 Å². The number of thiophene rings is 1. The molecule has 0 radical (unpaired) electrons. The van der Waals surface area contributed by atoms with Crippen molar-refractivity contribution in [1.29, 1.82) is 0 Å². The van der Waals surface area contributed by atoms with Crippen molar-refractivity contribution in [1.82, 2.24) is 0 Å². The SMILES string of the molecule is Clc1cccc(Br)c1-c1cccc2sc3ccccc3c12. The van der Waals surface area contributed by atoms with Crippen LogP contribution in [0.2, 0.25) is 5.02 Å². The molecule has 0 bridgehead atoms. The van der Waals surface area contributed by atoms with Crippen molar-refractivity contribution in [2.45, 2.75) is 0 Å². The minimum absolute atomic E-state index is 0.771. The van der Waals surface area contributed by atoms with Crippen LogP contribution in [0.15, 0.2) is 65.1 Å². The maximum absolute atomic E-state index is 6.46. The van der Waals surface area contributed by atoms with Gasteiger partial charge in [0, 0.05) is 35.2 Å². The van der Waals surface area contributed by atoms with Crippen LogP contribution in [-0.4, -0.2) is 0 Å². The number of halogens is 2. The third-order valence-electron chi connectivity index (χ3n) is 3.63. The third kappa shape index (κ3) is 2.10. The molecule has 0 spiro atoms. The fraction of sp³-hybridized carbons (Fsp3) is 0. The number of rotatable bonds is 1. The lowest BCUT2D eigenvalue weighted by atomic mass is 9.99. The van der Waals surface area contributed by atoms with E-state index in [-0.39, 0.29) is 0 Å². The molecule has 0 unspecified atom stereocenters. The standard InChI is InChI=1S/C18H10BrClS/c19-13-7-4-8-14(20)18(13)12-6-3-10-16-17(12)11-5-1-2-9-15(11)21-16/h1-10H. The van der Waals surface area contributed by atoms with Gasteiger partial charge in [-0.2, -0.15) is 0 Å². The highest BCUT2D eigenvalue weighted by molar-refractivity contribution is 9.10. The molecule has 0 aliphatic rings. The highest BCUT2D eigenvalue weighted by Crippen LogP contribution is 2.43. The monoisotopic (exact) mass is 372 g/mol. The van der Waals surface area contributed by atoms with E-state index in [4.69, 9.17) is 11.6 Å². The summed E-state index contributed by atoms with van der Waals surface area (Å²) in [5.41, 5.74) is 2.25. The van der Waals surface area contributed by atoms with E-state index >= 15 is 0 Å². The quantitative estimate of drug-likeness (QED) is 0.332. The van der Waals surface area contributed by atoms with Crippen LogP contribution >= 0.6 is 38.9 Å². The Morgan fingerprint density at radius 3 is 2.43 bits per heavy atom. The van der Waals surface area contributed by atoms with E-state index in [0.717, 1.165) is 15.1 Å². The van der Waals surface area contributed by atoms with E-state index < -0.39 is 0 Å². The molecule has 0 saturated carbocycles. The van der Waals surface area contributed by atoms with Gasteiger partial charge in [-0.05, 0) is 29.8 Å². The van der Waals surface area contributed by atoms with Crippen LogP contribution in [0.5, 0.6) is 0 Å². The first-order valence-corrected chi connectivity index (χ1v) is 8.59. The number of benzene rings is 3. The minimum Gasteiger partial charge on any atom is -0.135 e. The van der Waals surface area contributed by atoms with Gasteiger partial charge in [0.2, 0.25) is 0 Å². The molecule has 0 saturated heterocycles. The first-order chi connectivity index (χ1) is 10.3. The van der Waals surface area contributed by atoms with E-state index in [9.17, 15) is 0 Å². The van der Waals surface area contributed by atoms with Gasteiger partial charge in [-0.25, -0.2) is 0 Å². The lowest BCUT2D eigenvalue weighted by Gasteiger charge is -2.09. The molecule has 0 aliphatic heterocycles. The normalized spacial score (nSPS) is 11.3. The van der Waals surface area contributed by atoms with Gasteiger partial charge < -0.3 is 0 Å². The summed E-state index contributed by atoms with van der Waals surface area (Å²) in [5.74, 6) is 0. The highest BCUT2D eigenvalue weighted by Gasteiger charge is 2.14. The number of fused-ring (bicyclic) bond motifs is 3. The summed E-state index contributed by atoms with van der Waals surface area (Å²) in [5, 5.41) is 3.35. The van der Waals surface area contributed by atoms with Crippen molar-refractivity contribution >= 4 is 59.0 Å². The molecule has 0 atom stereocenters. The lowest BCUT2D eigenvalue weighted by molar-refractivity contribution is 1.62. The number of hydrogen-bond donors (Lipinski definition) is 0. The maximum atomic E-state index is 6.46. The summed E-state index contributed by atoms with van der Waals surface area (Å²) in [6.07, 6.45) is 0. The average molecular weight is 374 g/mol. The molecular weight excluding hydrogens is 364 g/mol. The molecule has 102 valence electrons. The van der Waals surface area contributed by atoms with Gasteiger partial charge in [-0.1, -0.05) is 63.9 Å². The highest BCUT2D eigenvalue weighted by atomic mass is 79.9. The van der Waals surface area contributed by atoms with Crippen LogP contribution in [0.25, 0.3) is 31.3 Å². The molecule has 1 heterocycles. The van der Waals surface area contributed by atoms with Crippen LogP contribution in [0.3, 0.4) is 0 Å². The van der Waals surface area contributed by atoms with Crippen molar-refractivity contribution in [3.8, 4) is 11.1 Å². The van der Waals surface area contributed by atoms with E-state index in [1.807, 2.05) is 29.5 Å². The maximum Gasteiger partial charge on any atom is 0.0495 e. The second-order valence-corrected chi connectivity index (χ2v) is 7.22. The Morgan fingerprint density at radius 1 is 0.810 bits per heavy atom. The van der Waals surface area contributed by atoms with E-state index in [0.29, 0.717) is 0 Å². The average Bonchev–Trinajstić information content (AvgIpc) is 2.86. The smallest absolute Gasteiger partial charge is 0.0495 e. The van der Waals surface area contributed by atoms with Crippen LogP contribution in [0, 0.1) is 0 Å². The van der Waals surface area contributed by atoms with Crippen LogP contribution in [0.1, 0.15) is 0 Å². The van der Waals surface area contributed by atoms with Crippen molar-refractivity contribution in [3.05, 3.63) is 70.2 Å². The molecule has 0 fully saturated rings. The first-order valence-electron chi connectivity index (χ1n) is 6.60. The summed E-state index contributed by atoms with van der Waals surface area (Å²) in [7, 11) is 0. The molecule has 0 nitrogen and oxygen atoms in total. The van der Waals surface area contributed by atoms with Crippen molar-refractivity contribution in [2.75, 3.05) is 0 Å². The van der Waals surface area contributed by atoms with Gasteiger partial charge in [0.25, 0.3) is 0 Å². The van der Waals surface area contributed by atoms with Crippen LogP contribution in [-0.2, 0) is 0 Å². The molecule has 21 heavy (non-hydrogen) atoms. The zero-order valence-electron chi connectivity index (χ0n) is 10.9. The van der Waals surface area contributed by atoms with Gasteiger partial charge in [-0.15, -0.1) is 11.3 Å². The predicted octanol–water partition coefficient (Wildman–Crippen LogP) is 7.14. The Labute approximate surface area is 140 Å². The molecule has 1 aromatic heterocycles. The fourth-order valence-corrected chi connectivity index (χ4v) is 4.84. The molecule has 4 aromatic rings. The van der Waals surface area contributed by atoms with Crippen molar-refractivity contribution in [3.63, 3.8) is 0 Å². The second kappa shape index (κ2) is 5.13. The van der Waals surface area contributed by atoms with Crippen molar-refractivity contribution in [2.24, 2.45) is 0 Å². The van der Waals surface area contributed by atoms with Gasteiger partial charge in [0.15, 0.2) is 0 Å². The molecule has 0 N–H and O–H groups in total. The Bertz CT molecular complexity index is 951. The summed E-state index contributed by atoms with van der Waals surface area (Å²) < 4.78 is 3.63. The fourth-order valence-electron chi connectivity index (χ4n) is 2.74. The Morgan fingerprint density at radius 2 is 1.57 bits per heavy atom. The van der Waals surface area contributed by atoms with Gasteiger partial charge >= 0.3 is 0 Å². The predicted molar refractivity (Wildman–Crippen MR) is 97.5 cm³/mol. The zero-order valence-corrected chi connectivity index (χ0v) is 14.1. The van der Waals surface area contributed by atoms with Crippen molar-refractivity contribution < 1.29 is 0 Å². The molecule has 3 heteroatoms. The molecule has 3 aromatic carbocycles. The largest absolute Gasteiger partial charge is 0.135 e. The third-order valence-corrected chi connectivity index (χ3v) is 5.75. The Balaban J connectivity index is 2.19. The molecule has 4 rings (SSSR count). The van der Waals surface area contributed by atoms with Gasteiger partial charge in [0.1, 0.15) is 0 Å². The molecule has 0 amide bonds. The van der Waals surface area contributed by atoms with Gasteiger partial charge in [0.05, 0.1) is 0 Å². The van der Waals surface area contributed by atoms with Crippen LogP contribution < -0.4 is 0 Å². The van der Waals surface area contributed by atoms with E-state index in [1.165, 1.54) is 25.7 Å². The summed E-state index contributed by atoms with van der Waals surface area (Å²) in [4.78, 5) is 0. The Kier molecular flexibility index (Phi) is 3.26. The second-order valence-electron chi connectivity index (χ2n) is 4.87. The Hall–Kier alpha value is -1.35. The number of hydrogen-bond acceptors (Lipinski definition) is 1. The van der Waals surface area contributed by atoms with E-state index in [1.54, 1.807) is 0 Å². The molecular formula is C18H10BrClS.